The average Bonchev–Trinajstić information content (AvgIpc) is 2.48. The maximum absolute atomic E-state index is 13.5. The van der Waals surface area contributed by atoms with E-state index in [0.29, 0.717) is 18.5 Å². The van der Waals surface area contributed by atoms with Crippen molar-refractivity contribution in [2.24, 2.45) is 7.05 Å². The number of nitrogens with zero attached hydrogens (tertiary/aromatic N) is 1. The van der Waals surface area contributed by atoms with Gasteiger partial charge in [-0.3, -0.25) is 4.79 Å². The summed E-state index contributed by atoms with van der Waals surface area (Å²) < 4.78 is 15.7. The maximum atomic E-state index is 13.5. The lowest BCUT2D eigenvalue weighted by molar-refractivity contribution is 0.0693. The van der Waals surface area contributed by atoms with Crippen LogP contribution in [0.15, 0.2) is 29.1 Å². The zero-order chi connectivity index (χ0) is 17.1. The molecule has 1 aromatic heterocycles. The number of rotatable bonds is 5. The van der Waals surface area contributed by atoms with Crippen molar-refractivity contribution in [3.8, 4) is 0 Å². The summed E-state index contributed by atoms with van der Waals surface area (Å²) in [5, 5.41) is 9.21. The smallest absolute Gasteiger partial charge is 0.337 e. The van der Waals surface area contributed by atoms with Gasteiger partial charge < -0.3 is 9.67 Å². The van der Waals surface area contributed by atoms with Crippen LogP contribution in [-0.2, 0) is 19.9 Å². The molecular formula is C17H17FINO3. The summed E-state index contributed by atoms with van der Waals surface area (Å²) >= 11 is 2.25. The van der Waals surface area contributed by atoms with E-state index in [4.69, 9.17) is 0 Å². The van der Waals surface area contributed by atoms with Gasteiger partial charge in [0.1, 0.15) is 0 Å². The molecule has 1 heterocycles. The third kappa shape index (κ3) is 3.99. The standard InChI is InChI=1S/C17H17FINO3/c1-10-8-12(19)7-6-11(10)4-3-5-15-13(17(22)23)9-14(18)16(21)20(15)2/h6-9H,3-5H2,1-2H3,(H,22,23). The van der Waals surface area contributed by atoms with Crippen molar-refractivity contribution in [1.82, 2.24) is 4.57 Å². The molecule has 0 atom stereocenters. The van der Waals surface area contributed by atoms with Gasteiger partial charge >= 0.3 is 5.97 Å². The Morgan fingerprint density at radius 1 is 1.30 bits per heavy atom. The largest absolute Gasteiger partial charge is 0.478 e. The van der Waals surface area contributed by atoms with Crippen LogP contribution < -0.4 is 5.56 Å². The fraction of sp³-hybridized carbons (Fsp3) is 0.294. The zero-order valence-electron chi connectivity index (χ0n) is 12.9. The van der Waals surface area contributed by atoms with Crippen LogP contribution in [0.1, 0.15) is 33.6 Å². The number of carbonyl (C=O) groups is 1. The molecular weight excluding hydrogens is 412 g/mol. The van der Waals surface area contributed by atoms with E-state index in [1.54, 1.807) is 0 Å². The molecule has 0 fully saturated rings. The molecule has 0 radical (unpaired) electrons. The predicted octanol–water partition coefficient (Wildman–Crippen LogP) is 3.31. The van der Waals surface area contributed by atoms with E-state index >= 15 is 0 Å². The van der Waals surface area contributed by atoms with Gasteiger partial charge in [-0.25, -0.2) is 9.18 Å². The topological polar surface area (TPSA) is 59.3 Å². The molecule has 0 bridgehead atoms. The van der Waals surface area contributed by atoms with E-state index in [-0.39, 0.29) is 5.56 Å². The lowest BCUT2D eigenvalue weighted by Crippen LogP contribution is -2.26. The number of hydrogen-bond acceptors (Lipinski definition) is 2. The Morgan fingerprint density at radius 3 is 2.61 bits per heavy atom. The molecule has 122 valence electrons. The minimum atomic E-state index is -1.22. The normalized spacial score (nSPS) is 10.8. The second-order valence-corrected chi connectivity index (χ2v) is 6.69. The fourth-order valence-electron chi connectivity index (χ4n) is 2.61. The Morgan fingerprint density at radius 2 is 2.00 bits per heavy atom. The first-order valence-electron chi connectivity index (χ1n) is 7.18. The maximum Gasteiger partial charge on any atom is 0.337 e. The van der Waals surface area contributed by atoms with Gasteiger partial charge in [-0.15, -0.1) is 0 Å². The monoisotopic (exact) mass is 429 g/mol. The number of carboxylic acid groups (broad SMARTS) is 1. The van der Waals surface area contributed by atoms with Crippen LogP contribution in [0.5, 0.6) is 0 Å². The highest BCUT2D eigenvalue weighted by Crippen LogP contribution is 2.17. The third-order valence-electron chi connectivity index (χ3n) is 3.89. The van der Waals surface area contributed by atoms with Gasteiger partial charge in [-0.1, -0.05) is 6.07 Å². The average molecular weight is 429 g/mol. The van der Waals surface area contributed by atoms with E-state index in [2.05, 4.69) is 34.7 Å². The van der Waals surface area contributed by atoms with Crippen LogP contribution in [-0.4, -0.2) is 15.6 Å². The highest BCUT2D eigenvalue weighted by atomic mass is 127. The first-order valence-corrected chi connectivity index (χ1v) is 8.26. The van der Waals surface area contributed by atoms with Crippen molar-refractivity contribution in [3.63, 3.8) is 0 Å². The lowest BCUT2D eigenvalue weighted by Gasteiger charge is -2.12. The van der Waals surface area contributed by atoms with E-state index in [9.17, 15) is 19.1 Å². The third-order valence-corrected chi connectivity index (χ3v) is 4.56. The Balaban J connectivity index is 2.22. The highest BCUT2D eigenvalue weighted by Gasteiger charge is 2.17. The summed E-state index contributed by atoms with van der Waals surface area (Å²) in [6, 6.07) is 6.99. The van der Waals surface area contributed by atoms with Crippen molar-refractivity contribution in [2.45, 2.75) is 26.2 Å². The molecule has 0 spiro atoms. The molecule has 0 unspecified atom stereocenters. The SMILES string of the molecule is Cc1cc(I)ccc1CCCc1c(C(=O)O)cc(F)c(=O)n1C. The lowest BCUT2D eigenvalue weighted by atomic mass is 10.0. The van der Waals surface area contributed by atoms with Crippen molar-refractivity contribution in [1.29, 1.82) is 0 Å². The number of aromatic carboxylic acids is 1. The summed E-state index contributed by atoms with van der Waals surface area (Å²) in [5.74, 6) is -2.26. The Hall–Kier alpha value is -1.70. The molecule has 0 aliphatic rings. The van der Waals surface area contributed by atoms with Gasteiger partial charge in [0.2, 0.25) is 0 Å². The molecule has 4 nitrogen and oxygen atoms in total. The van der Waals surface area contributed by atoms with Gasteiger partial charge in [-0.05, 0) is 78.1 Å². The Kier molecular flexibility index (Phi) is 5.56. The second kappa shape index (κ2) is 7.25. The van der Waals surface area contributed by atoms with Gasteiger partial charge in [-0.2, -0.15) is 0 Å². The van der Waals surface area contributed by atoms with Crippen LogP contribution >= 0.6 is 22.6 Å². The summed E-state index contributed by atoms with van der Waals surface area (Å²) in [6.07, 6.45) is 1.85. The quantitative estimate of drug-likeness (QED) is 0.743. The van der Waals surface area contributed by atoms with Crippen LogP contribution in [0, 0.1) is 16.3 Å². The van der Waals surface area contributed by atoms with Crippen LogP contribution in [0.2, 0.25) is 0 Å². The van der Waals surface area contributed by atoms with Crippen molar-refractivity contribution in [2.75, 3.05) is 0 Å². The summed E-state index contributed by atoms with van der Waals surface area (Å²) in [5.41, 5.74) is 1.78. The van der Waals surface area contributed by atoms with E-state index < -0.39 is 17.3 Å². The summed E-state index contributed by atoms with van der Waals surface area (Å²) in [4.78, 5) is 23.0. The van der Waals surface area contributed by atoms with Crippen molar-refractivity contribution >= 4 is 28.6 Å². The number of pyridine rings is 1. The number of benzene rings is 1. The first kappa shape index (κ1) is 17.7. The molecule has 0 saturated carbocycles. The van der Waals surface area contributed by atoms with Crippen LogP contribution in [0.25, 0.3) is 0 Å². The molecule has 2 aromatic rings. The number of aryl methyl sites for hydroxylation is 2. The second-order valence-electron chi connectivity index (χ2n) is 5.45. The van der Waals surface area contributed by atoms with Gasteiger partial charge in [0.15, 0.2) is 5.82 Å². The van der Waals surface area contributed by atoms with E-state index in [0.717, 1.165) is 20.6 Å². The molecule has 1 N–H and O–H groups in total. The van der Waals surface area contributed by atoms with E-state index in [1.807, 2.05) is 13.0 Å². The number of halogens is 2. The molecule has 0 aliphatic carbocycles. The number of aromatic nitrogens is 1. The van der Waals surface area contributed by atoms with Gasteiger partial charge in [0.25, 0.3) is 5.56 Å². The van der Waals surface area contributed by atoms with Crippen LogP contribution in [0.3, 0.4) is 0 Å². The molecule has 0 aliphatic heterocycles. The molecule has 1 aromatic carbocycles. The highest BCUT2D eigenvalue weighted by molar-refractivity contribution is 14.1. The molecule has 0 amide bonds. The first-order chi connectivity index (χ1) is 10.8. The zero-order valence-corrected chi connectivity index (χ0v) is 15.1. The fourth-order valence-corrected chi connectivity index (χ4v) is 3.26. The summed E-state index contributed by atoms with van der Waals surface area (Å²) in [7, 11) is 1.41. The summed E-state index contributed by atoms with van der Waals surface area (Å²) in [6.45, 7) is 2.04. The Labute approximate surface area is 147 Å². The molecule has 2 rings (SSSR count). The minimum absolute atomic E-state index is 0.149. The minimum Gasteiger partial charge on any atom is -0.478 e. The molecule has 23 heavy (non-hydrogen) atoms. The van der Waals surface area contributed by atoms with Crippen molar-refractivity contribution < 1.29 is 14.3 Å². The van der Waals surface area contributed by atoms with Crippen molar-refractivity contribution in [3.05, 3.63) is 66.4 Å². The van der Waals surface area contributed by atoms with Gasteiger partial charge in [0.05, 0.1) is 5.56 Å². The van der Waals surface area contributed by atoms with Gasteiger partial charge in [0, 0.05) is 16.3 Å². The number of carboxylic acids is 1. The predicted molar refractivity (Wildman–Crippen MR) is 94.5 cm³/mol. The molecule has 0 saturated heterocycles. The molecule has 6 heteroatoms. The number of hydrogen-bond donors (Lipinski definition) is 1. The Bertz CT molecular complexity index is 814. The van der Waals surface area contributed by atoms with Crippen LogP contribution in [0.4, 0.5) is 4.39 Å². The van der Waals surface area contributed by atoms with E-state index in [1.165, 1.54) is 18.2 Å².